The van der Waals surface area contributed by atoms with Crippen molar-refractivity contribution in [3.05, 3.63) is 28.5 Å². The van der Waals surface area contributed by atoms with Crippen molar-refractivity contribution < 1.29 is 13.9 Å². The summed E-state index contributed by atoms with van der Waals surface area (Å²) in [5.74, 6) is 0.148. The van der Waals surface area contributed by atoms with Gasteiger partial charge >= 0.3 is 0 Å². The van der Waals surface area contributed by atoms with E-state index in [2.05, 4.69) is 21.2 Å². The van der Waals surface area contributed by atoms with Crippen LogP contribution in [-0.2, 0) is 4.79 Å². The van der Waals surface area contributed by atoms with Crippen LogP contribution in [0.15, 0.2) is 22.7 Å². The Hall–Kier alpha value is -1.10. The number of hydrogen-bond donors (Lipinski definition) is 1. The molecule has 0 saturated heterocycles. The first-order chi connectivity index (χ1) is 7.63. The number of amides is 1. The quantitative estimate of drug-likeness (QED) is 0.904. The third-order valence-corrected chi connectivity index (χ3v) is 2.47. The van der Waals surface area contributed by atoms with Gasteiger partial charge in [0.1, 0.15) is 11.6 Å². The number of carbonyl (C=O) groups is 1. The first kappa shape index (κ1) is 13.0. The molecule has 0 unspecified atom stereocenters. The third-order valence-electron chi connectivity index (χ3n) is 1.85. The highest BCUT2D eigenvalue weighted by Crippen LogP contribution is 2.25. The van der Waals surface area contributed by atoms with Crippen molar-refractivity contribution in [1.29, 1.82) is 0 Å². The molecule has 5 heteroatoms. The van der Waals surface area contributed by atoms with Crippen LogP contribution in [0.4, 0.5) is 4.39 Å². The highest BCUT2D eigenvalue weighted by atomic mass is 79.9. The van der Waals surface area contributed by atoms with Gasteiger partial charge in [-0.3, -0.25) is 4.79 Å². The van der Waals surface area contributed by atoms with E-state index in [-0.39, 0.29) is 24.8 Å². The van der Waals surface area contributed by atoms with Gasteiger partial charge in [-0.05, 0) is 41.1 Å². The fourth-order valence-electron chi connectivity index (χ4n) is 1.13. The normalized spacial score (nSPS) is 9.94. The van der Waals surface area contributed by atoms with Crippen LogP contribution in [0.2, 0.25) is 0 Å². The molecule has 1 rings (SSSR count). The molecule has 1 aromatic carbocycles. The van der Waals surface area contributed by atoms with Gasteiger partial charge in [-0.15, -0.1) is 0 Å². The topological polar surface area (TPSA) is 38.3 Å². The minimum Gasteiger partial charge on any atom is -0.492 e. The maximum absolute atomic E-state index is 12.7. The van der Waals surface area contributed by atoms with E-state index in [0.717, 1.165) is 0 Å². The molecular formula is C11H13BrFNO2. The summed E-state index contributed by atoms with van der Waals surface area (Å²) in [6.07, 6.45) is 0.289. The molecule has 0 aliphatic carbocycles. The molecule has 1 amide bonds. The second-order valence-electron chi connectivity index (χ2n) is 3.13. The predicted molar refractivity (Wildman–Crippen MR) is 62.9 cm³/mol. The number of ether oxygens (including phenoxy) is 1. The summed E-state index contributed by atoms with van der Waals surface area (Å²) in [7, 11) is 0. The van der Waals surface area contributed by atoms with Gasteiger partial charge in [-0.25, -0.2) is 4.39 Å². The molecule has 0 fully saturated rings. The maximum Gasteiger partial charge on any atom is 0.223 e. The molecule has 0 radical (unpaired) electrons. The molecule has 0 atom stereocenters. The van der Waals surface area contributed by atoms with Gasteiger partial charge in [0.05, 0.1) is 17.5 Å². The van der Waals surface area contributed by atoms with Crippen LogP contribution >= 0.6 is 15.9 Å². The first-order valence-corrected chi connectivity index (χ1v) is 5.77. The van der Waals surface area contributed by atoms with E-state index in [1.54, 1.807) is 0 Å². The predicted octanol–water partition coefficient (Wildman–Crippen LogP) is 2.49. The highest BCUT2D eigenvalue weighted by Gasteiger charge is 2.04. The van der Waals surface area contributed by atoms with Gasteiger partial charge in [-0.1, -0.05) is 0 Å². The Morgan fingerprint density at radius 1 is 1.56 bits per heavy atom. The molecule has 0 spiro atoms. The van der Waals surface area contributed by atoms with Gasteiger partial charge in [-0.2, -0.15) is 0 Å². The van der Waals surface area contributed by atoms with E-state index >= 15 is 0 Å². The first-order valence-electron chi connectivity index (χ1n) is 4.98. The van der Waals surface area contributed by atoms with Crippen molar-refractivity contribution in [1.82, 2.24) is 5.32 Å². The van der Waals surface area contributed by atoms with E-state index < -0.39 is 0 Å². The fraction of sp³-hybridized carbons (Fsp3) is 0.364. The summed E-state index contributed by atoms with van der Waals surface area (Å²) in [5.41, 5.74) is 0. The molecule has 0 saturated carbocycles. The minimum absolute atomic E-state index is 0.0549. The average Bonchev–Trinajstić information content (AvgIpc) is 2.22. The fourth-order valence-corrected chi connectivity index (χ4v) is 1.60. The van der Waals surface area contributed by atoms with E-state index in [1.807, 2.05) is 6.92 Å². The highest BCUT2D eigenvalue weighted by molar-refractivity contribution is 9.10. The van der Waals surface area contributed by atoms with Crippen LogP contribution in [0, 0.1) is 5.82 Å². The summed E-state index contributed by atoms with van der Waals surface area (Å²) >= 11 is 3.18. The molecule has 1 aromatic rings. The van der Waals surface area contributed by atoms with Crippen molar-refractivity contribution in [2.24, 2.45) is 0 Å². The number of hydrogen-bond acceptors (Lipinski definition) is 2. The minimum atomic E-state index is -0.331. The Labute approximate surface area is 102 Å². The largest absolute Gasteiger partial charge is 0.492 e. The van der Waals surface area contributed by atoms with Gasteiger partial charge in [0.2, 0.25) is 5.91 Å². The SMILES string of the molecule is CCNC(=O)CCOc1ccc(F)cc1Br. The van der Waals surface area contributed by atoms with Crippen LogP contribution < -0.4 is 10.1 Å². The molecule has 88 valence electrons. The molecule has 0 heterocycles. The zero-order valence-electron chi connectivity index (χ0n) is 8.93. The Balaban J connectivity index is 2.40. The number of rotatable bonds is 5. The molecule has 3 nitrogen and oxygen atoms in total. The molecule has 0 bridgehead atoms. The second kappa shape index (κ2) is 6.48. The van der Waals surface area contributed by atoms with E-state index in [1.165, 1.54) is 18.2 Å². The summed E-state index contributed by atoms with van der Waals surface area (Å²) in [5, 5.41) is 2.66. The second-order valence-corrected chi connectivity index (χ2v) is 3.98. The maximum atomic E-state index is 12.7. The third kappa shape index (κ3) is 4.18. The Kier molecular flexibility index (Phi) is 5.25. The standard InChI is InChI=1S/C11H13BrFNO2/c1-2-14-11(15)5-6-16-10-4-3-8(13)7-9(10)12/h3-4,7H,2,5-6H2,1H3,(H,14,15). The lowest BCUT2D eigenvalue weighted by Crippen LogP contribution is -2.24. The molecule has 16 heavy (non-hydrogen) atoms. The van der Waals surface area contributed by atoms with Gasteiger partial charge in [0, 0.05) is 6.54 Å². The van der Waals surface area contributed by atoms with E-state index in [4.69, 9.17) is 4.74 Å². The summed E-state index contributed by atoms with van der Waals surface area (Å²) in [6, 6.07) is 4.16. The van der Waals surface area contributed by atoms with E-state index in [0.29, 0.717) is 16.8 Å². The van der Waals surface area contributed by atoms with Crippen LogP contribution in [-0.4, -0.2) is 19.1 Å². The van der Waals surface area contributed by atoms with Crippen LogP contribution in [0.1, 0.15) is 13.3 Å². The van der Waals surface area contributed by atoms with Crippen molar-refractivity contribution in [2.45, 2.75) is 13.3 Å². The summed E-state index contributed by atoms with van der Waals surface area (Å²) < 4.78 is 18.6. The summed E-state index contributed by atoms with van der Waals surface area (Å²) in [4.78, 5) is 11.1. The van der Waals surface area contributed by atoms with Crippen molar-refractivity contribution in [2.75, 3.05) is 13.2 Å². The van der Waals surface area contributed by atoms with Crippen molar-refractivity contribution >= 4 is 21.8 Å². The number of benzene rings is 1. The molecule has 1 N–H and O–H groups in total. The van der Waals surface area contributed by atoms with Crippen LogP contribution in [0.5, 0.6) is 5.75 Å². The lowest BCUT2D eigenvalue weighted by atomic mass is 10.3. The lowest BCUT2D eigenvalue weighted by Gasteiger charge is -2.07. The van der Waals surface area contributed by atoms with Gasteiger partial charge in [0.15, 0.2) is 0 Å². The molecule has 0 aromatic heterocycles. The van der Waals surface area contributed by atoms with Gasteiger partial charge < -0.3 is 10.1 Å². The average molecular weight is 290 g/mol. The molecule has 0 aliphatic heterocycles. The number of halogens is 2. The van der Waals surface area contributed by atoms with Crippen LogP contribution in [0.3, 0.4) is 0 Å². The van der Waals surface area contributed by atoms with Crippen molar-refractivity contribution in [3.8, 4) is 5.75 Å². The monoisotopic (exact) mass is 289 g/mol. The summed E-state index contributed by atoms with van der Waals surface area (Å²) in [6.45, 7) is 2.74. The van der Waals surface area contributed by atoms with E-state index in [9.17, 15) is 9.18 Å². The lowest BCUT2D eigenvalue weighted by molar-refractivity contribution is -0.121. The Bertz CT molecular complexity index is 371. The molecular weight excluding hydrogens is 277 g/mol. The number of nitrogens with one attached hydrogen (secondary N) is 1. The molecule has 0 aliphatic rings. The van der Waals surface area contributed by atoms with Gasteiger partial charge in [0.25, 0.3) is 0 Å². The van der Waals surface area contributed by atoms with Crippen LogP contribution in [0.25, 0.3) is 0 Å². The Morgan fingerprint density at radius 3 is 2.94 bits per heavy atom. The Morgan fingerprint density at radius 2 is 2.31 bits per heavy atom. The zero-order valence-corrected chi connectivity index (χ0v) is 10.5. The van der Waals surface area contributed by atoms with Crippen molar-refractivity contribution in [3.63, 3.8) is 0 Å². The number of carbonyl (C=O) groups excluding carboxylic acids is 1. The zero-order chi connectivity index (χ0) is 12.0. The smallest absolute Gasteiger partial charge is 0.223 e.